The Morgan fingerprint density at radius 2 is 0.667 bits per heavy atom. The van der Waals surface area contributed by atoms with Crippen LogP contribution in [0.4, 0.5) is 0 Å². The normalized spacial score (nSPS) is 9.67. The van der Waals surface area contributed by atoms with Crippen LogP contribution in [-0.2, 0) is 59.5 Å². The maximum atomic E-state index is 8.59. The Morgan fingerprint density at radius 3 is 0.667 bits per heavy atom. The molecule has 0 saturated carbocycles. The van der Waals surface area contributed by atoms with E-state index in [0.29, 0.717) is 0 Å². The van der Waals surface area contributed by atoms with Gasteiger partial charge >= 0.3 is 76.1 Å². The van der Waals surface area contributed by atoms with E-state index < -0.39 is 27.2 Å². The van der Waals surface area contributed by atoms with Crippen molar-refractivity contribution in [2.45, 2.75) is 0 Å². The van der Waals surface area contributed by atoms with Gasteiger partial charge in [0.1, 0.15) is 0 Å². The van der Waals surface area contributed by atoms with Crippen LogP contribution in [0.1, 0.15) is 0 Å². The molecule has 0 spiro atoms. The van der Waals surface area contributed by atoms with E-state index in [1.54, 1.807) is 0 Å². The van der Waals surface area contributed by atoms with Crippen LogP contribution in [0.3, 0.4) is 0 Å². The molecule has 4 N–H and O–H groups in total. The standard InChI is InChI=1S/2Cr.Fe.H3N.8O/h;;;1H3;;;;;;;;/q;;+3;;;;;;4*-1/p+1. The number of hydrogen-bond acceptors (Lipinski definition) is 8. The molecule has 77 valence electrons. The number of rotatable bonds is 0. The molecule has 0 saturated heterocycles. The molecule has 0 rings (SSSR count). The maximum absolute atomic E-state index is 8.59. The van der Waals surface area contributed by atoms with Crippen LogP contribution in [0.2, 0.25) is 0 Å². The Kier molecular flexibility index (Phi) is 15.7. The minimum absolute atomic E-state index is 0. The summed E-state index contributed by atoms with van der Waals surface area (Å²) >= 11 is -11.5. The Morgan fingerprint density at radius 1 is 0.667 bits per heavy atom. The van der Waals surface area contributed by atoms with Crippen molar-refractivity contribution >= 4 is 0 Å². The van der Waals surface area contributed by atoms with Gasteiger partial charge in [-0.2, -0.15) is 0 Å². The summed E-state index contributed by atoms with van der Waals surface area (Å²) in [6.45, 7) is 0. The summed E-state index contributed by atoms with van der Waals surface area (Å²) in [6, 6.07) is 0. The fraction of sp³-hybridized carbons (Fsp3) is 0. The molecule has 0 heterocycles. The monoisotopic (exact) mass is 306 g/mol. The van der Waals surface area contributed by atoms with Crippen molar-refractivity contribution in [2.75, 3.05) is 0 Å². The van der Waals surface area contributed by atoms with E-state index in [1.807, 2.05) is 0 Å². The van der Waals surface area contributed by atoms with Gasteiger partial charge in [0.2, 0.25) is 0 Å². The third kappa shape index (κ3) is 2850. The van der Waals surface area contributed by atoms with Gasteiger partial charge < -0.3 is 6.15 Å². The molecular formula is H4Cr2FeNO8. The average Bonchev–Trinajstić information content (AvgIpc) is 1.12. The zero-order valence-electron chi connectivity index (χ0n) is 5.44. The summed E-state index contributed by atoms with van der Waals surface area (Å²) < 4.78 is 68.8. The number of quaternary nitrogens is 1. The van der Waals surface area contributed by atoms with Crippen LogP contribution in [0.5, 0.6) is 0 Å². The molecule has 0 amide bonds. The van der Waals surface area contributed by atoms with Gasteiger partial charge in [-0.25, -0.2) is 0 Å². The quantitative estimate of drug-likeness (QED) is 0.429. The molecule has 12 heavy (non-hydrogen) atoms. The number of hydrogen-bond donors (Lipinski definition) is 1. The van der Waals surface area contributed by atoms with Gasteiger partial charge in [-0.1, -0.05) is 0 Å². The van der Waals surface area contributed by atoms with Crippen LogP contribution in [0, 0.1) is 0 Å². The predicted molar refractivity (Wildman–Crippen MR) is 8.73 cm³/mol. The first-order chi connectivity index (χ1) is 4.00. The van der Waals surface area contributed by atoms with Gasteiger partial charge in [0.15, 0.2) is 0 Å². The third-order valence-corrected chi connectivity index (χ3v) is 0. The Bertz CT molecular complexity index is 213. The molecule has 1 radical (unpaired) electrons. The molecule has 0 fully saturated rings. The molecule has 0 aromatic rings. The summed E-state index contributed by atoms with van der Waals surface area (Å²) in [7, 11) is 0. The SMILES string of the molecule is [Fe+3].[NH4+].[O]=[Cr](=[O])([O-])[O-].[O]=[Cr](=[O])([O-])[O-]. The van der Waals surface area contributed by atoms with Crippen LogP contribution < -0.4 is 22.8 Å². The Hall–Kier alpha value is 0.584. The fourth-order valence-corrected chi connectivity index (χ4v) is 0. The molecule has 0 bridgehead atoms. The van der Waals surface area contributed by atoms with Crippen molar-refractivity contribution in [3.05, 3.63) is 0 Å². The van der Waals surface area contributed by atoms with Gasteiger partial charge in [0, 0.05) is 0 Å². The molecule has 0 unspecified atom stereocenters. The zero-order valence-corrected chi connectivity index (χ0v) is 9.09. The summed E-state index contributed by atoms with van der Waals surface area (Å²) in [5, 5.41) is 0. The van der Waals surface area contributed by atoms with Crippen molar-refractivity contribution < 1.29 is 76.1 Å². The van der Waals surface area contributed by atoms with Crippen molar-refractivity contribution in [3.8, 4) is 0 Å². The predicted octanol–water partition coefficient (Wildman–Crippen LogP) is -4.86. The van der Waals surface area contributed by atoms with Gasteiger partial charge in [-0.15, -0.1) is 0 Å². The van der Waals surface area contributed by atoms with E-state index in [9.17, 15) is 0 Å². The molecule has 0 aliphatic heterocycles. The second-order valence-electron chi connectivity index (χ2n) is 0.816. The summed E-state index contributed by atoms with van der Waals surface area (Å²) in [5.74, 6) is 0. The van der Waals surface area contributed by atoms with E-state index in [-0.39, 0.29) is 23.2 Å². The second-order valence-corrected chi connectivity index (χ2v) is 3.37. The first kappa shape index (κ1) is 22.9. The third-order valence-electron chi connectivity index (χ3n) is 0. The topological polar surface area (TPSA) is 197 Å². The van der Waals surface area contributed by atoms with Crippen molar-refractivity contribution in [2.24, 2.45) is 0 Å². The van der Waals surface area contributed by atoms with E-state index in [1.165, 1.54) is 0 Å². The van der Waals surface area contributed by atoms with E-state index in [4.69, 9.17) is 31.8 Å². The second kappa shape index (κ2) is 8.19. The molecule has 0 aromatic heterocycles. The van der Waals surface area contributed by atoms with Crippen LogP contribution in [0.25, 0.3) is 0 Å². The van der Waals surface area contributed by atoms with Gasteiger partial charge in [0.05, 0.1) is 0 Å². The Labute approximate surface area is 82.2 Å². The van der Waals surface area contributed by atoms with Crippen LogP contribution in [0.15, 0.2) is 0 Å². The van der Waals surface area contributed by atoms with E-state index in [2.05, 4.69) is 0 Å². The Balaban J connectivity index is -0.0000000457. The first-order valence-electron chi connectivity index (χ1n) is 1.33. The van der Waals surface area contributed by atoms with Gasteiger partial charge in [-0.05, 0) is 0 Å². The molecule has 0 aliphatic carbocycles. The van der Waals surface area contributed by atoms with Crippen molar-refractivity contribution in [3.63, 3.8) is 0 Å². The molecule has 0 atom stereocenters. The molecule has 0 aromatic carbocycles. The minimum atomic E-state index is -5.75. The van der Waals surface area contributed by atoms with E-state index >= 15 is 0 Å². The van der Waals surface area contributed by atoms with Gasteiger partial charge in [-0.3, -0.25) is 0 Å². The first-order valence-corrected chi connectivity index (χ1v) is 5.50. The average molecular weight is 306 g/mol. The van der Waals surface area contributed by atoms with Crippen LogP contribution in [-0.4, -0.2) is 0 Å². The molecular weight excluding hydrogens is 302 g/mol. The summed E-state index contributed by atoms with van der Waals surface area (Å²) in [6.07, 6.45) is 0. The summed E-state index contributed by atoms with van der Waals surface area (Å²) in [4.78, 5) is 0. The fourth-order valence-electron chi connectivity index (χ4n) is 0. The molecule has 0 aliphatic rings. The molecule has 9 nitrogen and oxygen atoms in total. The zero-order chi connectivity index (χ0) is 9.00. The molecule has 12 heteroatoms. The van der Waals surface area contributed by atoms with Crippen molar-refractivity contribution in [1.82, 2.24) is 6.15 Å². The van der Waals surface area contributed by atoms with Crippen molar-refractivity contribution in [1.29, 1.82) is 0 Å². The van der Waals surface area contributed by atoms with E-state index in [0.717, 1.165) is 0 Å². The van der Waals surface area contributed by atoms with Crippen LogP contribution >= 0.6 is 0 Å². The van der Waals surface area contributed by atoms with Gasteiger partial charge in [0.25, 0.3) is 0 Å². The summed E-state index contributed by atoms with van der Waals surface area (Å²) in [5.41, 5.74) is 0.